The minimum atomic E-state index is -1.07. The number of amides is 1. The van der Waals surface area contributed by atoms with E-state index in [1.54, 1.807) is 0 Å². The highest BCUT2D eigenvalue weighted by atomic mass is 19.1. The van der Waals surface area contributed by atoms with Crippen LogP contribution < -0.4 is 10.1 Å². The van der Waals surface area contributed by atoms with Gasteiger partial charge in [-0.25, -0.2) is 29.1 Å². The number of aromatic nitrogens is 4. The number of carboxylic acid groups (broad SMARTS) is 1. The molecule has 9 nitrogen and oxygen atoms in total. The van der Waals surface area contributed by atoms with E-state index in [0.29, 0.717) is 12.0 Å². The number of rotatable bonds is 4. The van der Waals surface area contributed by atoms with E-state index in [9.17, 15) is 13.6 Å². The van der Waals surface area contributed by atoms with Crippen molar-refractivity contribution in [3.63, 3.8) is 0 Å². The minimum absolute atomic E-state index is 0.0352. The molecule has 2 N–H and O–H groups in total. The van der Waals surface area contributed by atoms with Gasteiger partial charge in [-0.3, -0.25) is 0 Å². The van der Waals surface area contributed by atoms with Gasteiger partial charge in [-0.05, 0) is 6.07 Å². The molecule has 30 heavy (non-hydrogen) atoms. The van der Waals surface area contributed by atoms with Crippen LogP contribution >= 0.6 is 0 Å². The molecule has 0 unspecified atom stereocenters. The Kier molecular flexibility index (Phi) is 4.97. The predicted molar refractivity (Wildman–Crippen MR) is 101 cm³/mol. The Balaban J connectivity index is 1.66. The molecular weight excluding hydrogens is 398 g/mol. The third-order valence-corrected chi connectivity index (χ3v) is 4.48. The molecule has 4 heterocycles. The van der Waals surface area contributed by atoms with Crippen LogP contribution in [0.1, 0.15) is 12.0 Å². The van der Waals surface area contributed by atoms with Gasteiger partial charge in [-0.2, -0.15) is 4.39 Å². The Bertz CT molecular complexity index is 1180. The Morgan fingerprint density at radius 1 is 1.33 bits per heavy atom. The summed E-state index contributed by atoms with van der Waals surface area (Å²) in [7, 11) is 0. The lowest BCUT2D eigenvalue weighted by atomic mass is 10.2. The number of pyridine rings is 2. The number of likely N-dealkylation sites (tertiary alicyclic amines) is 1. The van der Waals surface area contributed by atoms with E-state index in [4.69, 9.17) is 16.3 Å². The molecule has 4 rings (SSSR count). The highest BCUT2D eigenvalue weighted by Gasteiger charge is 2.28. The second kappa shape index (κ2) is 7.75. The first-order valence-corrected chi connectivity index (χ1v) is 8.79. The molecule has 0 spiro atoms. The maximum absolute atomic E-state index is 14.5. The first kappa shape index (κ1) is 19.3. The zero-order valence-electron chi connectivity index (χ0n) is 15.3. The Hall–Kier alpha value is -4.07. The van der Waals surface area contributed by atoms with Crippen molar-refractivity contribution in [2.75, 3.05) is 18.4 Å². The molecule has 11 heteroatoms. The van der Waals surface area contributed by atoms with Gasteiger partial charge in [0.2, 0.25) is 5.95 Å². The lowest BCUT2D eigenvalue weighted by Crippen LogP contribution is -2.29. The molecule has 3 aromatic heterocycles. The SMILES string of the molecule is C#Cc1cnc(F)c(Nc2ncnc3cc(F)c(O[C@H]4CCN(C(=O)O)C4)nc23)c1. The number of anilines is 2. The molecule has 0 saturated carbocycles. The fraction of sp³-hybridized carbons (Fsp3) is 0.211. The van der Waals surface area contributed by atoms with Gasteiger partial charge in [0, 0.05) is 30.8 Å². The molecule has 3 aromatic rings. The van der Waals surface area contributed by atoms with E-state index in [0.717, 1.165) is 6.07 Å². The summed E-state index contributed by atoms with van der Waals surface area (Å²) in [5, 5.41) is 11.8. The molecule has 1 fully saturated rings. The van der Waals surface area contributed by atoms with E-state index in [1.165, 1.54) is 23.5 Å². The molecular formula is C19H14F2N6O3. The number of nitrogens with zero attached hydrogens (tertiary/aromatic N) is 5. The van der Waals surface area contributed by atoms with Crippen molar-refractivity contribution < 1.29 is 23.4 Å². The second-order valence-corrected chi connectivity index (χ2v) is 6.45. The number of ether oxygens (including phenoxy) is 1. The first-order chi connectivity index (χ1) is 14.4. The summed E-state index contributed by atoms with van der Waals surface area (Å²) >= 11 is 0. The number of terminal acetylenes is 1. The molecule has 0 aromatic carbocycles. The molecule has 152 valence electrons. The summed E-state index contributed by atoms with van der Waals surface area (Å²) in [6, 6.07) is 2.48. The second-order valence-electron chi connectivity index (χ2n) is 6.45. The van der Waals surface area contributed by atoms with Gasteiger partial charge in [-0.15, -0.1) is 6.42 Å². The summed E-state index contributed by atoms with van der Waals surface area (Å²) in [5.74, 6) is 0.556. The van der Waals surface area contributed by atoms with Gasteiger partial charge in [0.25, 0.3) is 5.88 Å². The van der Waals surface area contributed by atoms with Crippen LogP contribution in [0.3, 0.4) is 0 Å². The monoisotopic (exact) mass is 412 g/mol. The quantitative estimate of drug-likeness (QED) is 0.497. The fourth-order valence-corrected chi connectivity index (χ4v) is 3.02. The number of hydrogen-bond donors (Lipinski definition) is 2. The van der Waals surface area contributed by atoms with Crippen LogP contribution in [-0.4, -0.2) is 55.2 Å². The van der Waals surface area contributed by atoms with E-state index >= 15 is 0 Å². The third kappa shape index (κ3) is 3.75. The number of nitrogens with one attached hydrogen (secondary N) is 1. The van der Waals surface area contributed by atoms with Crippen molar-refractivity contribution >= 4 is 28.6 Å². The predicted octanol–water partition coefficient (Wildman–Crippen LogP) is 2.55. The summed E-state index contributed by atoms with van der Waals surface area (Å²) in [5.41, 5.74) is 0.612. The van der Waals surface area contributed by atoms with Crippen LogP contribution in [0.2, 0.25) is 0 Å². The van der Waals surface area contributed by atoms with E-state index in [2.05, 4.69) is 31.2 Å². The van der Waals surface area contributed by atoms with Crippen LogP contribution in [0.25, 0.3) is 11.0 Å². The van der Waals surface area contributed by atoms with Crippen molar-refractivity contribution in [2.45, 2.75) is 12.5 Å². The van der Waals surface area contributed by atoms with Crippen molar-refractivity contribution in [3.8, 4) is 18.2 Å². The maximum atomic E-state index is 14.5. The summed E-state index contributed by atoms with van der Waals surface area (Å²) < 4.78 is 34.1. The Labute approximate surface area is 168 Å². The van der Waals surface area contributed by atoms with E-state index in [-0.39, 0.29) is 41.5 Å². The van der Waals surface area contributed by atoms with Crippen LogP contribution in [0.5, 0.6) is 5.88 Å². The molecule has 1 saturated heterocycles. The smallest absolute Gasteiger partial charge is 0.407 e. The lowest BCUT2D eigenvalue weighted by molar-refractivity contribution is 0.143. The number of hydrogen-bond acceptors (Lipinski definition) is 7. The van der Waals surface area contributed by atoms with Crippen LogP contribution in [-0.2, 0) is 0 Å². The van der Waals surface area contributed by atoms with Gasteiger partial charge in [0.15, 0.2) is 11.6 Å². The van der Waals surface area contributed by atoms with Crippen LogP contribution in [0.15, 0.2) is 24.7 Å². The van der Waals surface area contributed by atoms with Crippen molar-refractivity contribution in [2.24, 2.45) is 0 Å². The van der Waals surface area contributed by atoms with Crippen LogP contribution in [0, 0.1) is 24.1 Å². The zero-order valence-corrected chi connectivity index (χ0v) is 15.3. The van der Waals surface area contributed by atoms with Crippen molar-refractivity contribution in [1.29, 1.82) is 0 Å². The highest BCUT2D eigenvalue weighted by Crippen LogP contribution is 2.28. The average molecular weight is 412 g/mol. The summed E-state index contributed by atoms with van der Waals surface area (Å²) in [6.45, 7) is 0.379. The Morgan fingerprint density at radius 2 is 2.17 bits per heavy atom. The highest BCUT2D eigenvalue weighted by molar-refractivity contribution is 5.87. The third-order valence-electron chi connectivity index (χ3n) is 4.48. The zero-order chi connectivity index (χ0) is 21.3. The van der Waals surface area contributed by atoms with Crippen LogP contribution in [0.4, 0.5) is 25.1 Å². The fourth-order valence-electron chi connectivity index (χ4n) is 3.02. The molecule has 0 aliphatic carbocycles. The van der Waals surface area contributed by atoms with Gasteiger partial charge in [0.1, 0.15) is 17.9 Å². The number of fused-ring (bicyclic) bond motifs is 1. The maximum Gasteiger partial charge on any atom is 0.407 e. The first-order valence-electron chi connectivity index (χ1n) is 8.79. The van der Waals surface area contributed by atoms with Crippen molar-refractivity contribution in [3.05, 3.63) is 42.0 Å². The molecule has 1 amide bonds. The topological polar surface area (TPSA) is 113 Å². The molecule has 0 radical (unpaired) electrons. The molecule has 1 aliphatic heterocycles. The molecule has 0 bridgehead atoms. The molecule has 1 aliphatic rings. The largest absolute Gasteiger partial charge is 0.470 e. The number of carbonyl (C=O) groups is 1. The van der Waals surface area contributed by atoms with Gasteiger partial charge in [-0.1, -0.05) is 5.92 Å². The van der Waals surface area contributed by atoms with Gasteiger partial charge >= 0.3 is 6.09 Å². The minimum Gasteiger partial charge on any atom is -0.470 e. The lowest BCUT2D eigenvalue weighted by Gasteiger charge is -2.15. The van der Waals surface area contributed by atoms with Gasteiger partial charge < -0.3 is 20.1 Å². The summed E-state index contributed by atoms with van der Waals surface area (Å²) in [6.07, 6.45) is 6.48. The average Bonchev–Trinajstić information content (AvgIpc) is 3.19. The normalized spacial score (nSPS) is 15.8. The van der Waals surface area contributed by atoms with Crippen molar-refractivity contribution in [1.82, 2.24) is 24.8 Å². The van der Waals surface area contributed by atoms with Gasteiger partial charge in [0.05, 0.1) is 17.7 Å². The number of halogens is 2. The van der Waals surface area contributed by atoms with E-state index in [1.807, 2.05) is 0 Å². The molecule has 1 atom stereocenters. The van der Waals surface area contributed by atoms with E-state index < -0.39 is 24.0 Å². The summed E-state index contributed by atoms with van der Waals surface area (Å²) in [4.78, 5) is 27.9. The Morgan fingerprint density at radius 3 is 2.90 bits per heavy atom. The standard InChI is InChI=1S/C19H14F2N6O3/c1-2-10-5-14(16(21)22-7-10)25-17-15-13(23-9-24-17)6-12(20)18(26-15)30-11-3-4-27(8-11)19(28)29/h1,5-7,9,11H,3-4,8H2,(H,28,29)(H,23,24,25)/t11-/m0/s1.